The molecule has 0 radical (unpaired) electrons. The van der Waals surface area contributed by atoms with E-state index in [0.717, 1.165) is 16.8 Å². The molecular weight excluding hydrogens is 474 g/mol. The lowest BCUT2D eigenvalue weighted by Gasteiger charge is -2.24. The first-order valence-electron chi connectivity index (χ1n) is 18.4. The van der Waals surface area contributed by atoms with Crippen molar-refractivity contribution in [2.24, 2.45) is 5.92 Å². The van der Waals surface area contributed by atoms with E-state index in [1.165, 1.54) is 193 Å². The molecule has 0 fully saturated rings. The number of hydrogen-bond donors (Lipinski definition) is 1. The van der Waals surface area contributed by atoms with Gasteiger partial charge in [-0.1, -0.05) is 180 Å². The van der Waals surface area contributed by atoms with Crippen molar-refractivity contribution in [2.75, 3.05) is 34.3 Å². The Morgan fingerprint density at radius 3 is 0.974 bits per heavy atom. The Bertz CT molecular complexity index is 443. The summed E-state index contributed by atoms with van der Waals surface area (Å²) >= 11 is 0. The van der Waals surface area contributed by atoms with Crippen molar-refractivity contribution in [1.29, 1.82) is 0 Å². The number of unbranched alkanes of at least 4 members (excludes halogenated alkanes) is 24. The zero-order valence-corrected chi connectivity index (χ0v) is 28.1. The van der Waals surface area contributed by atoms with Crippen LogP contribution in [0.1, 0.15) is 200 Å². The van der Waals surface area contributed by atoms with Gasteiger partial charge in [0.05, 0.1) is 27.7 Å². The highest BCUT2D eigenvalue weighted by atomic mass is 16.2. The summed E-state index contributed by atoms with van der Waals surface area (Å²) in [5.41, 5.74) is 0. The number of rotatable bonds is 33. The fourth-order valence-electron chi connectivity index (χ4n) is 6.22. The van der Waals surface area contributed by atoms with Gasteiger partial charge < -0.3 is 9.59 Å². The van der Waals surface area contributed by atoms with Gasteiger partial charge in [-0.2, -0.15) is 0 Å². The fraction of sp³-hybridized carbons (Fsp3) is 1.00. The molecule has 0 saturated carbocycles. The van der Waals surface area contributed by atoms with Crippen LogP contribution < -0.4 is 0 Å². The molecule has 1 unspecified atom stereocenters. The van der Waals surface area contributed by atoms with Crippen molar-refractivity contribution >= 4 is 0 Å². The van der Waals surface area contributed by atoms with E-state index in [2.05, 4.69) is 28.1 Å². The molecule has 0 saturated heterocycles. The summed E-state index contributed by atoms with van der Waals surface area (Å²) in [6, 6.07) is 0. The average molecular weight is 553 g/mol. The standard InChI is InChI=1S/C37H78NO/c1-5-6-7-8-9-10-15-18-21-24-27-32-37(34-29-30-35-38(2,3)4)33-28-25-22-19-16-13-11-12-14-17-20-23-26-31-36-39/h37,39H,5-36H2,1-4H3/q+1. The second-order valence-corrected chi connectivity index (χ2v) is 14.2. The van der Waals surface area contributed by atoms with Crippen molar-refractivity contribution in [2.45, 2.75) is 200 Å². The van der Waals surface area contributed by atoms with Crippen molar-refractivity contribution in [3.05, 3.63) is 0 Å². The third kappa shape index (κ3) is 34.0. The summed E-state index contributed by atoms with van der Waals surface area (Å²) in [6.45, 7) is 4.01. The highest BCUT2D eigenvalue weighted by Gasteiger charge is 2.11. The lowest BCUT2D eigenvalue weighted by Crippen LogP contribution is -2.35. The van der Waals surface area contributed by atoms with E-state index in [4.69, 9.17) is 5.11 Å². The second-order valence-electron chi connectivity index (χ2n) is 14.2. The van der Waals surface area contributed by atoms with Crippen LogP contribution in [0, 0.1) is 5.92 Å². The molecule has 0 aromatic heterocycles. The molecule has 0 rings (SSSR count). The van der Waals surface area contributed by atoms with Crippen molar-refractivity contribution in [3.8, 4) is 0 Å². The molecular formula is C37H78NO+. The third-order valence-electron chi connectivity index (χ3n) is 8.93. The minimum absolute atomic E-state index is 0.372. The highest BCUT2D eigenvalue weighted by Crippen LogP contribution is 2.24. The van der Waals surface area contributed by atoms with Gasteiger partial charge in [0, 0.05) is 6.61 Å². The van der Waals surface area contributed by atoms with Crippen molar-refractivity contribution in [3.63, 3.8) is 0 Å². The lowest BCUT2D eigenvalue weighted by atomic mass is 9.89. The van der Waals surface area contributed by atoms with Gasteiger partial charge in [-0.3, -0.25) is 0 Å². The zero-order valence-electron chi connectivity index (χ0n) is 28.1. The monoisotopic (exact) mass is 553 g/mol. The van der Waals surface area contributed by atoms with E-state index in [0.29, 0.717) is 6.61 Å². The Morgan fingerprint density at radius 2 is 0.667 bits per heavy atom. The summed E-state index contributed by atoms with van der Waals surface area (Å²) in [5, 5.41) is 8.83. The van der Waals surface area contributed by atoms with Gasteiger partial charge in [-0.25, -0.2) is 0 Å². The summed E-state index contributed by atoms with van der Waals surface area (Å²) in [5.74, 6) is 1.000. The molecule has 2 nitrogen and oxygen atoms in total. The quantitative estimate of drug-likeness (QED) is 0.0634. The molecule has 0 aromatic carbocycles. The normalized spacial score (nSPS) is 12.8. The minimum atomic E-state index is 0.372. The maximum Gasteiger partial charge on any atom is 0.0780 e. The van der Waals surface area contributed by atoms with Gasteiger partial charge in [0.2, 0.25) is 0 Å². The van der Waals surface area contributed by atoms with Crippen LogP contribution in [0.4, 0.5) is 0 Å². The van der Waals surface area contributed by atoms with E-state index >= 15 is 0 Å². The van der Waals surface area contributed by atoms with E-state index in [9.17, 15) is 0 Å². The predicted octanol–water partition coefficient (Wildman–Crippen LogP) is 12.0. The van der Waals surface area contributed by atoms with Crippen LogP contribution in [0.25, 0.3) is 0 Å². The van der Waals surface area contributed by atoms with Gasteiger partial charge in [0.25, 0.3) is 0 Å². The molecule has 1 atom stereocenters. The Hall–Kier alpha value is -0.0800. The summed E-state index contributed by atoms with van der Waals surface area (Å²) in [7, 11) is 7.02. The Morgan fingerprint density at radius 1 is 0.385 bits per heavy atom. The number of quaternary nitrogens is 1. The minimum Gasteiger partial charge on any atom is -0.396 e. The van der Waals surface area contributed by atoms with Crippen LogP contribution >= 0.6 is 0 Å². The Labute approximate surface area is 249 Å². The predicted molar refractivity (Wildman–Crippen MR) is 178 cm³/mol. The Balaban J connectivity index is 3.78. The molecule has 0 bridgehead atoms. The second kappa shape index (κ2) is 30.9. The first kappa shape index (κ1) is 38.9. The summed E-state index contributed by atoms with van der Waals surface area (Å²) in [6.07, 6.45) is 42.9. The SMILES string of the molecule is CCCCCCCCCCCCCC(CCCCCCCCCCCCCCCCO)CCCC[N+](C)(C)C. The molecule has 0 aliphatic rings. The van der Waals surface area contributed by atoms with E-state index in [1.807, 2.05) is 0 Å². The third-order valence-corrected chi connectivity index (χ3v) is 8.93. The van der Waals surface area contributed by atoms with E-state index in [-0.39, 0.29) is 0 Å². The van der Waals surface area contributed by atoms with Crippen LogP contribution in [0.3, 0.4) is 0 Å². The Kier molecular flexibility index (Phi) is 30.8. The molecule has 1 N–H and O–H groups in total. The van der Waals surface area contributed by atoms with Gasteiger partial charge in [0.15, 0.2) is 0 Å². The molecule has 0 aliphatic heterocycles. The molecule has 0 heterocycles. The lowest BCUT2D eigenvalue weighted by molar-refractivity contribution is -0.870. The summed E-state index contributed by atoms with van der Waals surface area (Å²) < 4.78 is 1.12. The maximum absolute atomic E-state index is 8.83. The molecule has 0 aliphatic carbocycles. The van der Waals surface area contributed by atoms with Crippen LogP contribution in [0.5, 0.6) is 0 Å². The van der Waals surface area contributed by atoms with Crippen molar-refractivity contribution in [1.82, 2.24) is 0 Å². The molecule has 0 spiro atoms. The molecule has 236 valence electrons. The zero-order chi connectivity index (χ0) is 28.7. The first-order valence-corrected chi connectivity index (χ1v) is 18.4. The number of aliphatic hydroxyl groups is 1. The highest BCUT2D eigenvalue weighted by molar-refractivity contribution is 4.62. The number of nitrogens with zero attached hydrogens (tertiary/aromatic N) is 1. The topological polar surface area (TPSA) is 20.2 Å². The van der Waals surface area contributed by atoms with Crippen LogP contribution in [0.2, 0.25) is 0 Å². The fourth-order valence-corrected chi connectivity index (χ4v) is 6.22. The number of hydrogen-bond acceptors (Lipinski definition) is 1. The first-order chi connectivity index (χ1) is 19.0. The smallest absolute Gasteiger partial charge is 0.0780 e. The number of aliphatic hydroxyl groups excluding tert-OH is 1. The van der Waals surface area contributed by atoms with Gasteiger partial charge in [0.1, 0.15) is 0 Å². The maximum atomic E-state index is 8.83. The molecule has 0 aromatic rings. The molecule has 0 amide bonds. The largest absolute Gasteiger partial charge is 0.396 e. The van der Waals surface area contributed by atoms with Crippen LogP contribution in [0.15, 0.2) is 0 Å². The van der Waals surface area contributed by atoms with Gasteiger partial charge >= 0.3 is 0 Å². The van der Waals surface area contributed by atoms with Gasteiger partial charge in [-0.15, -0.1) is 0 Å². The van der Waals surface area contributed by atoms with E-state index in [1.54, 1.807) is 0 Å². The average Bonchev–Trinajstić information content (AvgIpc) is 2.90. The van der Waals surface area contributed by atoms with Gasteiger partial charge in [-0.05, 0) is 25.2 Å². The van der Waals surface area contributed by atoms with Crippen LogP contribution in [-0.4, -0.2) is 43.9 Å². The molecule has 2 heteroatoms. The van der Waals surface area contributed by atoms with Crippen molar-refractivity contribution < 1.29 is 9.59 Å². The molecule has 39 heavy (non-hydrogen) atoms. The summed E-state index contributed by atoms with van der Waals surface area (Å²) in [4.78, 5) is 0. The van der Waals surface area contributed by atoms with E-state index < -0.39 is 0 Å². The van der Waals surface area contributed by atoms with Crippen LogP contribution in [-0.2, 0) is 0 Å².